The molecule has 2 aromatic heterocycles. The average molecular weight is 468 g/mol. The fraction of sp³-hybridized carbons (Fsp3) is 0.480. The van der Waals surface area contributed by atoms with E-state index >= 15 is 0 Å². The third kappa shape index (κ3) is 5.59. The predicted molar refractivity (Wildman–Crippen MR) is 127 cm³/mol. The zero-order valence-corrected chi connectivity index (χ0v) is 20.0. The zero-order valence-electron chi connectivity index (χ0n) is 20.0. The Kier molecular flexibility index (Phi) is 7.52. The van der Waals surface area contributed by atoms with Crippen LogP contribution in [0.15, 0.2) is 41.0 Å². The topological polar surface area (TPSA) is 106 Å². The van der Waals surface area contributed by atoms with Crippen molar-refractivity contribution in [3.05, 3.63) is 59.6 Å². The molecular weight excluding hydrogens is 434 g/mol. The lowest BCUT2D eigenvalue weighted by atomic mass is 10.0. The fourth-order valence-electron chi connectivity index (χ4n) is 4.33. The Labute approximate surface area is 199 Å². The number of amides is 1. The lowest BCUT2D eigenvalue weighted by molar-refractivity contribution is 0.0900. The molecule has 0 saturated heterocycles. The molecule has 0 fully saturated rings. The predicted octanol–water partition coefficient (Wildman–Crippen LogP) is 3.55. The molecule has 0 unspecified atom stereocenters. The van der Waals surface area contributed by atoms with Gasteiger partial charge in [-0.05, 0) is 49.1 Å². The second-order valence-corrected chi connectivity index (χ2v) is 9.02. The average Bonchev–Trinajstić information content (AvgIpc) is 3.44. The van der Waals surface area contributed by atoms with Gasteiger partial charge in [0.25, 0.3) is 5.91 Å². The third-order valence-electron chi connectivity index (χ3n) is 5.95. The number of ether oxygens (including phenoxy) is 1. The summed E-state index contributed by atoms with van der Waals surface area (Å²) in [4.78, 5) is 15.0. The molecule has 0 radical (unpaired) electrons. The van der Waals surface area contributed by atoms with Crippen molar-refractivity contribution in [2.75, 3.05) is 19.7 Å². The van der Waals surface area contributed by atoms with Crippen molar-refractivity contribution in [1.29, 1.82) is 0 Å². The number of carbonyl (C=O) groups is 1. The van der Waals surface area contributed by atoms with Crippen LogP contribution in [0.4, 0.5) is 0 Å². The van der Waals surface area contributed by atoms with Crippen molar-refractivity contribution in [3.8, 4) is 11.5 Å². The lowest BCUT2D eigenvalue weighted by Gasteiger charge is -2.22. The summed E-state index contributed by atoms with van der Waals surface area (Å²) in [6.07, 6.45) is 3.02. The first-order chi connectivity index (χ1) is 16.4. The Hall–Kier alpha value is -3.33. The summed E-state index contributed by atoms with van der Waals surface area (Å²) in [6.45, 7) is 9.81. The van der Waals surface area contributed by atoms with Crippen molar-refractivity contribution in [1.82, 2.24) is 25.0 Å². The minimum absolute atomic E-state index is 0.158. The van der Waals surface area contributed by atoms with Crippen LogP contribution in [0.2, 0.25) is 0 Å². The van der Waals surface area contributed by atoms with Crippen LogP contribution < -0.4 is 10.1 Å². The monoisotopic (exact) mass is 467 g/mol. The number of nitrogens with zero attached hydrogens (tertiary/aromatic N) is 4. The molecule has 0 spiro atoms. The number of benzene rings is 1. The molecule has 1 amide bonds. The first-order valence-electron chi connectivity index (χ1n) is 11.9. The molecule has 9 nitrogen and oxygen atoms in total. The van der Waals surface area contributed by atoms with E-state index in [2.05, 4.69) is 38.8 Å². The molecule has 0 bridgehead atoms. The minimum atomic E-state index is -0.253. The molecule has 3 heterocycles. The lowest BCUT2D eigenvalue weighted by Crippen LogP contribution is -2.32. The Morgan fingerprint density at radius 2 is 2.09 bits per heavy atom. The maximum absolute atomic E-state index is 12.7. The van der Waals surface area contributed by atoms with Crippen LogP contribution in [0.25, 0.3) is 0 Å². The van der Waals surface area contributed by atoms with Crippen LogP contribution in [0.3, 0.4) is 0 Å². The van der Waals surface area contributed by atoms with Gasteiger partial charge >= 0.3 is 0 Å². The number of furan rings is 1. The number of fused-ring (bicyclic) bond motifs is 1. The first-order valence-corrected chi connectivity index (χ1v) is 11.9. The van der Waals surface area contributed by atoms with Gasteiger partial charge in [-0.3, -0.25) is 9.69 Å². The number of hydrogen-bond acceptors (Lipinski definition) is 7. The van der Waals surface area contributed by atoms with Gasteiger partial charge in [-0.1, -0.05) is 19.9 Å². The maximum Gasteiger partial charge on any atom is 0.287 e. The summed E-state index contributed by atoms with van der Waals surface area (Å²) in [5, 5.41) is 22.0. The molecule has 182 valence electrons. The van der Waals surface area contributed by atoms with Crippen LogP contribution in [-0.2, 0) is 19.5 Å². The quantitative estimate of drug-likeness (QED) is 0.496. The number of aromatic nitrogens is 3. The highest BCUT2D eigenvalue weighted by Gasteiger charge is 2.27. The van der Waals surface area contributed by atoms with Gasteiger partial charge < -0.3 is 24.1 Å². The van der Waals surface area contributed by atoms with Gasteiger partial charge in [-0.2, -0.15) is 0 Å². The molecule has 2 N–H and O–H groups in total. The Morgan fingerprint density at radius 3 is 2.82 bits per heavy atom. The van der Waals surface area contributed by atoms with Gasteiger partial charge in [0.2, 0.25) is 0 Å². The number of nitrogens with one attached hydrogen (secondary N) is 1. The molecule has 1 atom stereocenters. The van der Waals surface area contributed by atoms with Gasteiger partial charge in [0.05, 0.1) is 18.9 Å². The summed E-state index contributed by atoms with van der Waals surface area (Å²) >= 11 is 0. The van der Waals surface area contributed by atoms with Gasteiger partial charge in [-0.25, -0.2) is 0 Å². The molecule has 9 heteroatoms. The molecule has 1 aliphatic heterocycles. The summed E-state index contributed by atoms with van der Waals surface area (Å²) in [6, 6.07) is 8.62. The van der Waals surface area contributed by atoms with E-state index in [0.717, 1.165) is 56.2 Å². The van der Waals surface area contributed by atoms with Gasteiger partial charge in [-0.15, -0.1) is 10.2 Å². The van der Waals surface area contributed by atoms with E-state index in [1.165, 1.54) is 6.26 Å². The summed E-state index contributed by atoms with van der Waals surface area (Å²) in [7, 11) is 0. The Bertz CT molecular complexity index is 1090. The molecule has 4 rings (SSSR count). The number of carbonyl (C=O) groups excluding carboxylic acids is 1. The highest BCUT2D eigenvalue weighted by Crippen LogP contribution is 2.28. The fourth-order valence-corrected chi connectivity index (χ4v) is 4.33. The normalized spacial score (nSPS) is 15.1. The second-order valence-electron chi connectivity index (χ2n) is 9.02. The number of phenols is 1. The molecule has 1 aromatic carbocycles. The molecule has 1 aliphatic rings. The van der Waals surface area contributed by atoms with E-state index in [1.807, 2.05) is 19.1 Å². The van der Waals surface area contributed by atoms with Crippen molar-refractivity contribution in [2.24, 2.45) is 5.92 Å². The molecule has 34 heavy (non-hydrogen) atoms. The number of rotatable bonds is 9. The number of hydrogen-bond donors (Lipinski definition) is 2. The molecule has 0 saturated carbocycles. The summed E-state index contributed by atoms with van der Waals surface area (Å²) < 4.78 is 12.9. The van der Waals surface area contributed by atoms with E-state index in [-0.39, 0.29) is 23.5 Å². The van der Waals surface area contributed by atoms with E-state index < -0.39 is 0 Å². The summed E-state index contributed by atoms with van der Waals surface area (Å²) in [5.41, 5.74) is 1.09. The van der Waals surface area contributed by atoms with Crippen molar-refractivity contribution in [2.45, 2.75) is 52.7 Å². The smallest absolute Gasteiger partial charge is 0.287 e. The van der Waals surface area contributed by atoms with Crippen LogP contribution in [0, 0.1) is 5.92 Å². The Balaban J connectivity index is 1.47. The van der Waals surface area contributed by atoms with Crippen LogP contribution in [0.5, 0.6) is 11.5 Å². The van der Waals surface area contributed by atoms with E-state index in [4.69, 9.17) is 9.15 Å². The van der Waals surface area contributed by atoms with Gasteiger partial charge in [0.15, 0.2) is 23.1 Å². The SMILES string of the molecule is CCOc1cc(CN2CCc3nnc([C@H](CC(C)C)NC(=O)c4ccco4)n3CC2)ccc1O. The largest absolute Gasteiger partial charge is 0.504 e. The van der Waals surface area contributed by atoms with Crippen LogP contribution in [-0.4, -0.2) is 50.4 Å². The molecular formula is C25H33N5O4. The number of phenolic OH excluding ortho intramolecular Hbond substituents is 1. The first kappa shape index (κ1) is 23.8. The van der Waals surface area contributed by atoms with Gasteiger partial charge in [0.1, 0.15) is 5.82 Å². The van der Waals surface area contributed by atoms with E-state index in [9.17, 15) is 9.90 Å². The standard InChI is InChI=1S/C25H33N5O4/c1-4-33-22-15-18(7-8-20(22)31)16-29-10-9-23-27-28-24(30(23)12-11-29)19(14-17(2)3)26-25(32)21-6-5-13-34-21/h5-8,13,15,17,19,31H,4,9-12,14,16H2,1-3H3,(H,26,32)/t19-/m0/s1. The minimum Gasteiger partial charge on any atom is -0.504 e. The van der Waals surface area contributed by atoms with Crippen molar-refractivity contribution in [3.63, 3.8) is 0 Å². The van der Waals surface area contributed by atoms with E-state index in [1.54, 1.807) is 18.2 Å². The molecule has 0 aliphatic carbocycles. The highest BCUT2D eigenvalue weighted by atomic mass is 16.5. The van der Waals surface area contributed by atoms with Gasteiger partial charge in [0, 0.05) is 32.6 Å². The van der Waals surface area contributed by atoms with Crippen molar-refractivity contribution >= 4 is 5.91 Å². The Morgan fingerprint density at radius 1 is 1.24 bits per heavy atom. The zero-order chi connectivity index (χ0) is 24.1. The van der Waals surface area contributed by atoms with E-state index in [0.29, 0.717) is 18.3 Å². The van der Waals surface area contributed by atoms with Crippen molar-refractivity contribution < 1.29 is 19.1 Å². The summed E-state index contributed by atoms with van der Waals surface area (Å²) in [5.74, 6) is 2.79. The molecule has 3 aromatic rings. The maximum atomic E-state index is 12.7. The van der Waals surface area contributed by atoms with Crippen LogP contribution >= 0.6 is 0 Å². The second kappa shape index (κ2) is 10.7. The number of aromatic hydroxyl groups is 1. The highest BCUT2D eigenvalue weighted by molar-refractivity contribution is 5.91. The van der Waals surface area contributed by atoms with Crippen LogP contribution in [0.1, 0.15) is 61.0 Å². The third-order valence-corrected chi connectivity index (χ3v) is 5.95.